The van der Waals surface area contributed by atoms with Crippen molar-refractivity contribution in [3.05, 3.63) is 47.2 Å². The number of ether oxygens (including phenoxy) is 2. The van der Waals surface area contributed by atoms with Crippen LogP contribution >= 0.6 is 11.3 Å². The maximum absolute atomic E-state index is 5.43. The third-order valence-corrected chi connectivity index (χ3v) is 5.75. The smallest absolute Gasteiger partial charge is 0.241 e. The van der Waals surface area contributed by atoms with Gasteiger partial charge in [0.15, 0.2) is 11.5 Å². The molecular formula is C20H24N4O3S. The number of nitrogens with zero attached hydrogens (tertiary/aromatic N) is 4. The van der Waals surface area contributed by atoms with Crippen molar-refractivity contribution in [3.8, 4) is 22.2 Å². The van der Waals surface area contributed by atoms with Gasteiger partial charge in [-0.2, -0.15) is 4.98 Å². The molecule has 0 radical (unpaired) electrons. The van der Waals surface area contributed by atoms with E-state index in [1.807, 2.05) is 23.6 Å². The second kappa shape index (κ2) is 8.72. The molecule has 0 saturated carbocycles. The monoisotopic (exact) mass is 400 g/mol. The molecule has 148 valence electrons. The van der Waals surface area contributed by atoms with Crippen LogP contribution in [-0.2, 0) is 13.1 Å². The molecule has 0 aliphatic carbocycles. The minimum atomic E-state index is 0.678. The first-order valence-electron chi connectivity index (χ1n) is 9.27. The molecule has 3 heterocycles. The van der Waals surface area contributed by atoms with Crippen LogP contribution in [0.4, 0.5) is 0 Å². The Hall–Kier alpha value is -2.42. The van der Waals surface area contributed by atoms with E-state index in [0.717, 1.165) is 49.1 Å². The van der Waals surface area contributed by atoms with Gasteiger partial charge in [-0.3, -0.25) is 9.80 Å². The Kier molecular flexibility index (Phi) is 5.90. The number of hydrogen-bond donors (Lipinski definition) is 0. The van der Waals surface area contributed by atoms with Crippen LogP contribution in [0.15, 0.2) is 40.2 Å². The number of thiophene rings is 1. The van der Waals surface area contributed by atoms with Gasteiger partial charge in [-0.25, -0.2) is 0 Å². The van der Waals surface area contributed by atoms with Crippen molar-refractivity contribution in [1.82, 2.24) is 19.9 Å². The first kappa shape index (κ1) is 18.9. The third-order valence-electron chi connectivity index (χ3n) is 4.89. The van der Waals surface area contributed by atoms with Crippen LogP contribution in [0.25, 0.3) is 10.7 Å². The largest absolute Gasteiger partial charge is 0.493 e. The molecule has 7 nitrogen and oxygen atoms in total. The average molecular weight is 401 g/mol. The van der Waals surface area contributed by atoms with Gasteiger partial charge < -0.3 is 14.0 Å². The molecule has 8 heteroatoms. The highest BCUT2D eigenvalue weighted by Gasteiger charge is 2.20. The molecule has 4 rings (SSSR count). The molecule has 0 spiro atoms. The lowest BCUT2D eigenvalue weighted by Crippen LogP contribution is -2.45. The summed E-state index contributed by atoms with van der Waals surface area (Å²) >= 11 is 1.62. The highest BCUT2D eigenvalue weighted by molar-refractivity contribution is 7.13. The molecule has 1 aliphatic heterocycles. The van der Waals surface area contributed by atoms with Gasteiger partial charge in [-0.1, -0.05) is 17.3 Å². The molecule has 28 heavy (non-hydrogen) atoms. The van der Waals surface area contributed by atoms with Crippen molar-refractivity contribution >= 4 is 11.3 Å². The zero-order valence-corrected chi connectivity index (χ0v) is 16.9. The summed E-state index contributed by atoms with van der Waals surface area (Å²) in [4.78, 5) is 10.4. The van der Waals surface area contributed by atoms with Crippen LogP contribution < -0.4 is 9.47 Å². The van der Waals surface area contributed by atoms with Crippen molar-refractivity contribution in [3.63, 3.8) is 0 Å². The van der Waals surface area contributed by atoms with Gasteiger partial charge in [0.2, 0.25) is 11.7 Å². The molecule has 1 fully saturated rings. The van der Waals surface area contributed by atoms with E-state index < -0.39 is 0 Å². The predicted octanol–water partition coefficient (Wildman–Crippen LogP) is 3.13. The van der Waals surface area contributed by atoms with Gasteiger partial charge >= 0.3 is 0 Å². The van der Waals surface area contributed by atoms with Gasteiger partial charge in [-0.05, 0) is 29.1 Å². The lowest BCUT2D eigenvalue weighted by Gasteiger charge is -2.34. The first-order chi connectivity index (χ1) is 13.7. The summed E-state index contributed by atoms with van der Waals surface area (Å²) in [6.07, 6.45) is 0. The van der Waals surface area contributed by atoms with E-state index in [0.29, 0.717) is 18.3 Å². The second-order valence-electron chi connectivity index (χ2n) is 6.73. The summed E-state index contributed by atoms with van der Waals surface area (Å²) in [5.74, 6) is 2.89. The van der Waals surface area contributed by atoms with Crippen molar-refractivity contribution in [1.29, 1.82) is 0 Å². The fraction of sp³-hybridized carbons (Fsp3) is 0.400. The minimum absolute atomic E-state index is 0.678. The van der Waals surface area contributed by atoms with E-state index in [1.165, 1.54) is 5.56 Å². The van der Waals surface area contributed by atoms with Gasteiger partial charge in [-0.15, -0.1) is 11.3 Å². The van der Waals surface area contributed by atoms with Crippen LogP contribution in [-0.4, -0.2) is 60.3 Å². The average Bonchev–Trinajstić information content (AvgIpc) is 3.41. The maximum atomic E-state index is 5.43. The van der Waals surface area contributed by atoms with Crippen LogP contribution in [0.2, 0.25) is 0 Å². The Morgan fingerprint density at radius 2 is 1.75 bits per heavy atom. The summed E-state index contributed by atoms with van der Waals surface area (Å²) in [6, 6.07) is 10.1. The van der Waals surface area contributed by atoms with Crippen molar-refractivity contribution in [2.24, 2.45) is 0 Å². The zero-order valence-electron chi connectivity index (χ0n) is 16.1. The van der Waals surface area contributed by atoms with Gasteiger partial charge in [0.25, 0.3) is 0 Å². The maximum Gasteiger partial charge on any atom is 0.241 e. The first-order valence-corrected chi connectivity index (χ1v) is 10.1. The Bertz CT molecular complexity index is 889. The summed E-state index contributed by atoms with van der Waals surface area (Å²) in [5.41, 5.74) is 1.23. The van der Waals surface area contributed by atoms with E-state index in [1.54, 1.807) is 25.6 Å². The number of hydrogen-bond acceptors (Lipinski definition) is 8. The number of piperazine rings is 1. The zero-order chi connectivity index (χ0) is 19.3. The number of methoxy groups -OCH3 is 2. The standard InChI is InChI=1S/C20H24N4O3S/c1-25-16-6-5-15(12-17(16)26-2)13-23-7-9-24(10-8-23)14-19-21-20(22-27-19)18-4-3-11-28-18/h3-6,11-12H,7-10,13-14H2,1-2H3. The van der Waals surface area contributed by atoms with Gasteiger partial charge in [0.05, 0.1) is 25.6 Å². The Balaban J connectivity index is 1.29. The number of rotatable bonds is 7. The lowest BCUT2D eigenvalue weighted by molar-refractivity contribution is 0.112. The molecule has 3 aromatic rings. The quantitative estimate of drug-likeness (QED) is 0.604. The fourth-order valence-electron chi connectivity index (χ4n) is 3.36. The van der Waals surface area contributed by atoms with Crippen LogP contribution in [0, 0.1) is 0 Å². The summed E-state index contributed by atoms with van der Waals surface area (Å²) in [7, 11) is 3.32. The van der Waals surface area contributed by atoms with E-state index in [9.17, 15) is 0 Å². The summed E-state index contributed by atoms with van der Waals surface area (Å²) in [5, 5.41) is 6.11. The normalized spacial score (nSPS) is 15.6. The van der Waals surface area contributed by atoms with Crippen molar-refractivity contribution in [2.75, 3.05) is 40.4 Å². The van der Waals surface area contributed by atoms with Crippen LogP contribution in [0.5, 0.6) is 11.5 Å². The molecule has 0 amide bonds. The van der Waals surface area contributed by atoms with Crippen molar-refractivity contribution < 1.29 is 14.0 Å². The minimum Gasteiger partial charge on any atom is -0.493 e. The molecule has 0 N–H and O–H groups in total. The molecule has 0 bridgehead atoms. The lowest BCUT2D eigenvalue weighted by atomic mass is 10.1. The number of benzene rings is 1. The Morgan fingerprint density at radius 3 is 2.43 bits per heavy atom. The molecule has 1 saturated heterocycles. The number of aromatic nitrogens is 2. The fourth-order valence-corrected chi connectivity index (χ4v) is 4.01. The van der Waals surface area contributed by atoms with Crippen molar-refractivity contribution in [2.45, 2.75) is 13.1 Å². The molecule has 0 unspecified atom stereocenters. The highest BCUT2D eigenvalue weighted by Crippen LogP contribution is 2.28. The third kappa shape index (κ3) is 4.35. The topological polar surface area (TPSA) is 63.9 Å². The van der Waals surface area contributed by atoms with E-state index in [2.05, 4.69) is 32.1 Å². The SMILES string of the molecule is COc1ccc(CN2CCN(Cc3nc(-c4cccs4)no3)CC2)cc1OC. The van der Waals surface area contributed by atoms with E-state index in [4.69, 9.17) is 14.0 Å². The molecule has 1 aromatic carbocycles. The second-order valence-corrected chi connectivity index (χ2v) is 7.68. The van der Waals surface area contributed by atoms with Crippen LogP contribution in [0.3, 0.4) is 0 Å². The Morgan fingerprint density at radius 1 is 1.00 bits per heavy atom. The Labute approximate surface area is 168 Å². The molecular weight excluding hydrogens is 376 g/mol. The summed E-state index contributed by atoms with van der Waals surface area (Å²) < 4.78 is 16.1. The van der Waals surface area contributed by atoms with E-state index in [-0.39, 0.29) is 0 Å². The summed E-state index contributed by atoms with van der Waals surface area (Å²) in [6.45, 7) is 5.55. The molecule has 1 aliphatic rings. The van der Waals surface area contributed by atoms with Gasteiger partial charge in [0.1, 0.15) is 0 Å². The van der Waals surface area contributed by atoms with Gasteiger partial charge in [0, 0.05) is 32.7 Å². The highest BCUT2D eigenvalue weighted by atomic mass is 32.1. The molecule has 0 atom stereocenters. The van der Waals surface area contributed by atoms with E-state index >= 15 is 0 Å². The molecule has 2 aromatic heterocycles. The predicted molar refractivity (Wildman–Crippen MR) is 108 cm³/mol. The van der Waals surface area contributed by atoms with Crippen LogP contribution in [0.1, 0.15) is 11.5 Å².